The monoisotopic (exact) mass is 320 g/mol. The van der Waals surface area contributed by atoms with Crippen molar-refractivity contribution in [3.63, 3.8) is 0 Å². The SMILES string of the molecule is Cc1ccccc1CS(=O)C(C)C(=O)c1cccc(Cl)c1. The van der Waals surface area contributed by atoms with Gasteiger partial charge in [0.05, 0.1) is 5.25 Å². The lowest BCUT2D eigenvalue weighted by molar-refractivity contribution is 0.0992. The molecular formula is C17H17ClO2S. The standard InChI is InChI=1S/C17H17ClO2S/c1-12-6-3-4-7-15(12)11-21(20)13(2)17(19)14-8-5-9-16(18)10-14/h3-10,13H,11H2,1-2H3. The molecule has 0 aliphatic carbocycles. The molecule has 0 spiro atoms. The van der Waals surface area contributed by atoms with E-state index in [-0.39, 0.29) is 5.78 Å². The predicted octanol–water partition coefficient (Wildman–Crippen LogP) is 4.17. The first-order valence-corrected chi connectivity index (χ1v) is 8.46. The topological polar surface area (TPSA) is 34.1 Å². The van der Waals surface area contributed by atoms with Crippen molar-refractivity contribution >= 4 is 28.2 Å². The number of benzene rings is 2. The van der Waals surface area contributed by atoms with E-state index in [1.165, 1.54) is 0 Å². The van der Waals surface area contributed by atoms with Crippen molar-refractivity contribution in [1.29, 1.82) is 0 Å². The van der Waals surface area contributed by atoms with E-state index in [2.05, 4.69) is 0 Å². The van der Waals surface area contributed by atoms with Gasteiger partial charge in [-0.3, -0.25) is 9.00 Å². The molecule has 0 saturated carbocycles. The molecule has 4 heteroatoms. The van der Waals surface area contributed by atoms with Crippen LogP contribution in [0.2, 0.25) is 5.02 Å². The highest BCUT2D eigenvalue weighted by Crippen LogP contribution is 2.17. The van der Waals surface area contributed by atoms with Crippen LogP contribution in [0.15, 0.2) is 48.5 Å². The first kappa shape index (κ1) is 15.9. The summed E-state index contributed by atoms with van der Waals surface area (Å²) in [6, 6.07) is 14.6. The van der Waals surface area contributed by atoms with Gasteiger partial charge in [-0.1, -0.05) is 48.0 Å². The summed E-state index contributed by atoms with van der Waals surface area (Å²) in [5, 5.41) is -0.0409. The maximum absolute atomic E-state index is 12.4. The van der Waals surface area contributed by atoms with Crippen molar-refractivity contribution in [2.45, 2.75) is 24.9 Å². The average molecular weight is 321 g/mol. The Hall–Kier alpha value is -1.45. The maximum Gasteiger partial charge on any atom is 0.178 e. The lowest BCUT2D eigenvalue weighted by atomic mass is 10.1. The molecule has 110 valence electrons. The van der Waals surface area contributed by atoms with Crippen LogP contribution in [0.25, 0.3) is 0 Å². The third-order valence-corrected chi connectivity index (χ3v) is 5.27. The Morgan fingerprint density at radius 1 is 1.19 bits per heavy atom. The zero-order chi connectivity index (χ0) is 15.4. The molecule has 2 aromatic carbocycles. The molecule has 2 nitrogen and oxygen atoms in total. The number of carbonyl (C=O) groups excluding carboxylic acids is 1. The smallest absolute Gasteiger partial charge is 0.178 e. The molecule has 2 unspecified atom stereocenters. The van der Waals surface area contributed by atoms with Crippen molar-refractivity contribution in [2.75, 3.05) is 0 Å². The van der Waals surface area contributed by atoms with E-state index in [1.807, 2.05) is 31.2 Å². The van der Waals surface area contributed by atoms with E-state index in [0.717, 1.165) is 11.1 Å². The molecule has 0 radical (unpaired) electrons. The summed E-state index contributed by atoms with van der Waals surface area (Å²) in [4.78, 5) is 12.4. The van der Waals surface area contributed by atoms with Gasteiger partial charge in [-0.05, 0) is 37.1 Å². The van der Waals surface area contributed by atoms with Gasteiger partial charge in [0.15, 0.2) is 5.78 Å². The van der Waals surface area contributed by atoms with Crippen LogP contribution in [0.5, 0.6) is 0 Å². The first-order valence-electron chi connectivity index (χ1n) is 6.70. The number of hydrogen-bond acceptors (Lipinski definition) is 2. The van der Waals surface area contributed by atoms with Gasteiger partial charge in [-0.2, -0.15) is 0 Å². The van der Waals surface area contributed by atoms with E-state index in [1.54, 1.807) is 31.2 Å². The summed E-state index contributed by atoms with van der Waals surface area (Å²) in [7, 11) is -1.26. The van der Waals surface area contributed by atoms with Crippen LogP contribution in [0, 0.1) is 6.92 Å². The summed E-state index contributed by atoms with van der Waals surface area (Å²) in [5.74, 6) is 0.254. The van der Waals surface area contributed by atoms with Crippen molar-refractivity contribution in [3.8, 4) is 0 Å². The van der Waals surface area contributed by atoms with Gasteiger partial charge < -0.3 is 0 Å². The highest BCUT2D eigenvalue weighted by atomic mass is 35.5. The minimum absolute atomic E-state index is 0.135. The molecule has 0 fully saturated rings. The molecule has 0 heterocycles. The highest BCUT2D eigenvalue weighted by molar-refractivity contribution is 7.85. The van der Waals surface area contributed by atoms with Gasteiger partial charge in [-0.15, -0.1) is 0 Å². The van der Waals surface area contributed by atoms with Crippen LogP contribution in [0.1, 0.15) is 28.4 Å². The number of halogens is 1. The Morgan fingerprint density at radius 2 is 1.90 bits per heavy atom. The largest absolute Gasteiger partial charge is 0.293 e. The Kier molecular flexibility index (Phi) is 5.32. The number of aryl methyl sites for hydroxylation is 1. The number of hydrogen-bond donors (Lipinski definition) is 0. The molecule has 2 aromatic rings. The summed E-state index contributed by atoms with van der Waals surface area (Å²) in [5.41, 5.74) is 2.61. The Morgan fingerprint density at radius 3 is 2.57 bits per heavy atom. The fraction of sp³-hybridized carbons (Fsp3) is 0.235. The second kappa shape index (κ2) is 7.01. The third kappa shape index (κ3) is 4.02. The molecule has 0 saturated heterocycles. The quantitative estimate of drug-likeness (QED) is 0.775. The fourth-order valence-electron chi connectivity index (χ4n) is 2.05. The predicted molar refractivity (Wildman–Crippen MR) is 88.3 cm³/mol. The van der Waals surface area contributed by atoms with Crippen LogP contribution < -0.4 is 0 Å². The minimum Gasteiger partial charge on any atom is -0.293 e. The van der Waals surface area contributed by atoms with Crippen LogP contribution in [-0.2, 0) is 16.6 Å². The Bertz CT molecular complexity index is 682. The first-order chi connectivity index (χ1) is 9.99. The molecule has 0 amide bonds. The molecule has 0 aromatic heterocycles. The number of ketones is 1. The van der Waals surface area contributed by atoms with E-state index in [0.29, 0.717) is 16.3 Å². The second-order valence-electron chi connectivity index (χ2n) is 4.97. The fourth-order valence-corrected chi connectivity index (χ4v) is 3.49. The van der Waals surface area contributed by atoms with Gasteiger partial charge >= 0.3 is 0 Å². The van der Waals surface area contributed by atoms with Gasteiger partial charge in [0.25, 0.3) is 0 Å². The molecule has 0 N–H and O–H groups in total. The molecular weight excluding hydrogens is 304 g/mol. The minimum atomic E-state index is -1.26. The number of Topliss-reactive ketones (excluding diaryl/α,β-unsaturated/α-hetero) is 1. The van der Waals surface area contributed by atoms with Crippen molar-refractivity contribution < 1.29 is 9.00 Å². The zero-order valence-corrected chi connectivity index (χ0v) is 13.6. The Balaban J connectivity index is 2.12. The molecule has 21 heavy (non-hydrogen) atoms. The van der Waals surface area contributed by atoms with E-state index >= 15 is 0 Å². The number of carbonyl (C=O) groups is 1. The van der Waals surface area contributed by atoms with Gasteiger partial charge in [0.1, 0.15) is 0 Å². The van der Waals surface area contributed by atoms with E-state index in [9.17, 15) is 9.00 Å². The lowest BCUT2D eigenvalue weighted by Crippen LogP contribution is -2.24. The Labute approximate surface area is 132 Å². The van der Waals surface area contributed by atoms with Gasteiger partial charge in [0.2, 0.25) is 0 Å². The number of rotatable bonds is 5. The van der Waals surface area contributed by atoms with Crippen molar-refractivity contribution in [1.82, 2.24) is 0 Å². The van der Waals surface area contributed by atoms with Crippen LogP contribution >= 0.6 is 11.6 Å². The highest BCUT2D eigenvalue weighted by Gasteiger charge is 2.22. The maximum atomic E-state index is 12.4. The second-order valence-corrected chi connectivity index (χ2v) is 7.16. The van der Waals surface area contributed by atoms with Crippen LogP contribution in [0.4, 0.5) is 0 Å². The summed E-state index contributed by atoms with van der Waals surface area (Å²) < 4.78 is 12.4. The zero-order valence-electron chi connectivity index (χ0n) is 12.0. The molecule has 0 aliphatic rings. The summed E-state index contributed by atoms with van der Waals surface area (Å²) in [6.45, 7) is 3.69. The van der Waals surface area contributed by atoms with Crippen LogP contribution in [-0.4, -0.2) is 15.2 Å². The van der Waals surface area contributed by atoms with Gasteiger partial charge in [-0.25, -0.2) is 0 Å². The van der Waals surface area contributed by atoms with Crippen molar-refractivity contribution in [2.24, 2.45) is 0 Å². The van der Waals surface area contributed by atoms with E-state index in [4.69, 9.17) is 11.6 Å². The molecule has 2 rings (SSSR count). The summed E-state index contributed by atoms with van der Waals surface area (Å²) >= 11 is 5.90. The molecule has 2 atom stereocenters. The molecule has 0 bridgehead atoms. The van der Waals surface area contributed by atoms with Crippen LogP contribution in [0.3, 0.4) is 0 Å². The van der Waals surface area contributed by atoms with Gasteiger partial charge in [0, 0.05) is 27.1 Å². The van der Waals surface area contributed by atoms with Crippen molar-refractivity contribution in [3.05, 3.63) is 70.2 Å². The average Bonchev–Trinajstić information content (AvgIpc) is 2.48. The normalized spacial score (nSPS) is 13.7. The lowest BCUT2D eigenvalue weighted by Gasteiger charge is -2.12. The summed E-state index contributed by atoms with van der Waals surface area (Å²) in [6.07, 6.45) is 0. The van der Waals surface area contributed by atoms with E-state index < -0.39 is 16.0 Å². The molecule has 0 aliphatic heterocycles. The third-order valence-electron chi connectivity index (χ3n) is 3.43.